The Morgan fingerprint density at radius 2 is 1.95 bits per heavy atom. The van der Waals surface area contributed by atoms with E-state index in [0.717, 1.165) is 6.42 Å². The van der Waals surface area contributed by atoms with Crippen LogP contribution in [-0.2, 0) is 19.1 Å². The zero-order chi connectivity index (χ0) is 16.3. The molecule has 5 nitrogen and oxygen atoms in total. The van der Waals surface area contributed by atoms with E-state index in [2.05, 4.69) is 26.1 Å². The van der Waals surface area contributed by atoms with E-state index < -0.39 is 11.1 Å². The smallest absolute Gasteiger partial charge is 0.325 e. The molecule has 0 spiro atoms. The maximum absolute atomic E-state index is 11.9. The Balaban J connectivity index is 2.43. The van der Waals surface area contributed by atoms with Gasteiger partial charge < -0.3 is 9.47 Å². The maximum atomic E-state index is 11.9. The lowest BCUT2D eigenvalue weighted by Gasteiger charge is -2.42. The third-order valence-electron chi connectivity index (χ3n) is 3.59. The molecule has 0 amide bonds. The minimum atomic E-state index is -0.760. The first-order chi connectivity index (χ1) is 9.54. The molecule has 1 heterocycles. The Kier molecular flexibility index (Phi) is 5.79. The maximum Gasteiger partial charge on any atom is 0.325 e. The molecule has 1 aliphatic rings. The fourth-order valence-electron chi connectivity index (χ4n) is 2.80. The molecule has 0 radical (unpaired) electrons. The Morgan fingerprint density at radius 1 is 1.33 bits per heavy atom. The highest BCUT2D eigenvalue weighted by molar-refractivity contribution is 5.80. The molecule has 0 saturated carbocycles. The van der Waals surface area contributed by atoms with Crippen LogP contribution in [0.25, 0.3) is 0 Å². The van der Waals surface area contributed by atoms with Gasteiger partial charge in [0.25, 0.3) is 0 Å². The lowest BCUT2D eigenvalue weighted by molar-refractivity contribution is -0.165. The standard InChI is InChI=1S/C16H29NO4/c1-11(2)7-12(3)8-13(18)20-9-16(6)10-21-14(19)15(4,5)17-16/h11-12,17H,7-10H2,1-6H3. The first-order valence-corrected chi connectivity index (χ1v) is 7.66. The largest absolute Gasteiger partial charge is 0.464 e. The molecule has 2 unspecified atom stereocenters. The topological polar surface area (TPSA) is 64.6 Å². The van der Waals surface area contributed by atoms with Gasteiger partial charge in [0.1, 0.15) is 18.8 Å². The number of carbonyl (C=O) groups excluding carboxylic acids is 2. The van der Waals surface area contributed by atoms with Gasteiger partial charge in [-0.25, -0.2) is 0 Å². The number of cyclic esters (lactones) is 1. The molecule has 0 bridgehead atoms. The molecular formula is C16H29NO4. The highest BCUT2D eigenvalue weighted by Crippen LogP contribution is 2.21. The molecule has 0 aromatic carbocycles. The van der Waals surface area contributed by atoms with E-state index in [9.17, 15) is 9.59 Å². The minimum Gasteiger partial charge on any atom is -0.464 e. The molecule has 1 aliphatic heterocycles. The van der Waals surface area contributed by atoms with E-state index in [0.29, 0.717) is 18.3 Å². The molecule has 1 saturated heterocycles. The monoisotopic (exact) mass is 299 g/mol. The lowest BCUT2D eigenvalue weighted by Crippen LogP contribution is -2.66. The van der Waals surface area contributed by atoms with E-state index in [1.807, 2.05) is 6.92 Å². The number of ether oxygens (including phenoxy) is 2. The van der Waals surface area contributed by atoms with Crippen LogP contribution in [-0.4, -0.2) is 36.2 Å². The van der Waals surface area contributed by atoms with Crippen LogP contribution in [0.2, 0.25) is 0 Å². The van der Waals surface area contributed by atoms with Crippen LogP contribution < -0.4 is 5.32 Å². The molecule has 2 atom stereocenters. The van der Waals surface area contributed by atoms with Gasteiger partial charge in [-0.1, -0.05) is 20.8 Å². The van der Waals surface area contributed by atoms with Gasteiger partial charge in [0.15, 0.2) is 0 Å². The molecule has 1 fully saturated rings. The minimum absolute atomic E-state index is 0.194. The fraction of sp³-hybridized carbons (Fsp3) is 0.875. The predicted molar refractivity (Wildman–Crippen MR) is 80.8 cm³/mol. The Labute approximate surface area is 127 Å². The molecule has 1 rings (SSSR count). The van der Waals surface area contributed by atoms with E-state index in [4.69, 9.17) is 9.47 Å². The highest BCUT2D eigenvalue weighted by atomic mass is 16.6. The number of nitrogens with one attached hydrogen (secondary N) is 1. The summed E-state index contributed by atoms with van der Waals surface area (Å²) in [5.74, 6) is 0.419. The van der Waals surface area contributed by atoms with Crippen molar-refractivity contribution < 1.29 is 19.1 Å². The van der Waals surface area contributed by atoms with Gasteiger partial charge in [0, 0.05) is 6.42 Å². The number of esters is 2. The van der Waals surface area contributed by atoms with E-state index in [1.54, 1.807) is 13.8 Å². The Morgan fingerprint density at radius 3 is 2.48 bits per heavy atom. The summed E-state index contributed by atoms with van der Waals surface area (Å²) in [5, 5.41) is 3.21. The third-order valence-corrected chi connectivity index (χ3v) is 3.59. The van der Waals surface area contributed by atoms with Crippen LogP contribution in [0.15, 0.2) is 0 Å². The van der Waals surface area contributed by atoms with Crippen molar-refractivity contribution in [2.75, 3.05) is 13.2 Å². The van der Waals surface area contributed by atoms with Crippen molar-refractivity contribution in [2.45, 2.75) is 65.5 Å². The zero-order valence-corrected chi connectivity index (χ0v) is 14.1. The van der Waals surface area contributed by atoms with Gasteiger partial charge in [-0.05, 0) is 39.0 Å². The predicted octanol–water partition coefficient (Wildman–Crippen LogP) is 2.29. The summed E-state index contributed by atoms with van der Waals surface area (Å²) in [6.45, 7) is 12.2. The average molecular weight is 299 g/mol. The van der Waals surface area contributed by atoms with Gasteiger partial charge >= 0.3 is 11.9 Å². The normalized spacial score (nSPS) is 26.3. The van der Waals surface area contributed by atoms with Crippen molar-refractivity contribution in [2.24, 2.45) is 11.8 Å². The van der Waals surface area contributed by atoms with Crippen molar-refractivity contribution in [3.63, 3.8) is 0 Å². The molecular weight excluding hydrogens is 270 g/mol. The fourth-order valence-corrected chi connectivity index (χ4v) is 2.80. The summed E-state index contributed by atoms with van der Waals surface area (Å²) in [7, 11) is 0. The second-order valence-electron chi connectivity index (χ2n) is 7.49. The molecule has 122 valence electrons. The summed E-state index contributed by atoms with van der Waals surface area (Å²) < 4.78 is 10.6. The van der Waals surface area contributed by atoms with Crippen LogP contribution >= 0.6 is 0 Å². The molecule has 0 aromatic heterocycles. The number of rotatable bonds is 6. The summed E-state index contributed by atoms with van der Waals surface area (Å²) in [6.07, 6.45) is 1.44. The first kappa shape index (κ1) is 18.0. The molecule has 1 N–H and O–H groups in total. The van der Waals surface area contributed by atoms with E-state index in [1.165, 1.54) is 0 Å². The van der Waals surface area contributed by atoms with Crippen LogP contribution in [0.3, 0.4) is 0 Å². The zero-order valence-electron chi connectivity index (χ0n) is 14.1. The van der Waals surface area contributed by atoms with Gasteiger partial charge in [-0.2, -0.15) is 0 Å². The van der Waals surface area contributed by atoms with Gasteiger partial charge in [0.05, 0.1) is 5.54 Å². The molecule has 0 aliphatic carbocycles. The number of hydrogen-bond donors (Lipinski definition) is 1. The van der Waals surface area contributed by atoms with E-state index >= 15 is 0 Å². The van der Waals surface area contributed by atoms with Crippen molar-refractivity contribution in [1.29, 1.82) is 0 Å². The number of hydrogen-bond acceptors (Lipinski definition) is 5. The molecule has 5 heteroatoms. The average Bonchev–Trinajstić information content (AvgIpc) is 2.30. The second kappa shape index (κ2) is 6.77. The second-order valence-corrected chi connectivity index (χ2v) is 7.49. The lowest BCUT2D eigenvalue weighted by atomic mass is 9.94. The molecule has 0 aromatic rings. The summed E-state index contributed by atoms with van der Waals surface area (Å²) >= 11 is 0. The van der Waals surface area contributed by atoms with Gasteiger partial charge in [0.2, 0.25) is 0 Å². The number of morpholine rings is 1. The summed E-state index contributed by atoms with van der Waals surface area (Å²) in [4.78, 5) is 23.5. The van der Waals surface area contributed by atoms with Crippen LogP contribution in [0, 0.1) is 11.8 Å². The third kappa shape index (κ3) is 5.65. The van der Waals surface area contributed by atoms with E-state index in [-0.39, 0.29) is 25.2 Å². The van der Waals surface area contributed by atoms with Gasteiger partial charge in [-0.15, -0.1) is 0 Å². The van der Waals surface area contributed by atoms with Crippen LogP contribution in [0.4, 0.5) is 0 Å². The van der Waals surface area contributed by atoms with Crippen LogP contribution in [0.1, 0.15) is 54.4 Å². The number of carbonyl (C=O) groups is 2. The Bertz CT molecular complexity index is 392. The van der Waals surface area contributed by atoms with Crippen molar-refractivity contribution in [3.8, 4) is 0 Å². The van der Waals surface area contributed by atoms with Gasteiger partial charge in [-0.3, -0.25) is 14.9 Å². The highest BCUT2D eigenvalue weighted by Gasteiger charge is 2.43. The van der Waals surface area contributed by atoms with Crippen molar-refractivity contribution >= 4 is 11.9 Å². The van der Waals surface area contributed by atoms with Crippen molar-refractivity contribution in [1.82, 2.24) is 5.32 Å². The van der Waals surface area contributed by atoms with Crippen LogP contribution in [0.5, 0.6) is 0 Å². The van der Waals surface area contributed by atoms with Crippen molar-refractivity contribution in [3.05, 3.63) is 0 Å². The summed E-state index contributed by atoms with van der Waals surface area (Å²) in [5.41, 5.74) is -1.29. The summed E-state index contributed by atoms with van der Waals surface area (Å²) in [6, 6.07) is 0. The first-order valence-electron chi connectivity index (χ1n) is 7.66. The quantitative estimate of drug-likeness (QED) is 0.762. The Hall–Kier alpha value is -1.10. The SMILES string of the molecule is CC(C)CC(C)CC(=O)OCC1(C)COC(=O)C(C)(C)N1. The molecule has 21 heavy (non-hydrogen) atoms.